The molecule has 1 aliphatic rings. The monoisotopic (exact) mass is 318 g/mol. The molecule has 1 heterocycles. The molecule has 0 radical (unpaired) electrons. The van der Waals surface area contributed by atoms with Crippen molar-refractivity contribution in [1.29, 1.82) is 0 Å². The molecule has 0 saturated carbocycles. The van der Waals surface area contributed by atoms with Crippen LogP contribution >= 0.6 is 0 Å². The van der Waals surface area contributed by atoms with Gasteiger partial charge in [0.15, 0.2) is 0 Å². The summed E-state index contributed by atoms with van der Waals surface area (Å²) in [6.07, 6.45) is 0.757. The molecule has 128 valence electrons. The van der Waals surface area contributed by atoms with Crippen LogP contribution in [0.4, 0.5) is 4.79 Å². The summed E-state index contributed by atoms with van der Waals surface area (Å²) in [5, 5.41) is 0. The van der Waals surface area contributed by atoms with Gasteiger partial charge in [-0.25, -0.2) is 4.79 Å². The summed E-state index contributed by atoms with van der Waals surface area (Å²) < 4.78 is 5.58. The van der Waals surface area contributed by atoms with Crippen LogP contribution in [0.15, 0.2) is 30.3 Å². The molecule has 4 nitrogen and oxygen atoms in total. The molecule has 0 aromatic heterocycles. The van der Waals surface area contributed by atoms with Gasteiger partial charge in [-0.15, -0.1) is 0 Å². The minimum atomic E-state index is -0.445. The van der Waals surface area contributed by atoms with Gasteiger partial charge in [-0.05, 0) is 39.7 Å². The third-order valence-electron chi connectivity index (χ3n) is 4.30. The summed E-state index contributed by atoms with van der Waals surface area (Å²) >= 11 is 0. The van der Waals surface area contributed by atoms with Crippen molar-refractivity contribution in [2.24, 2.45) is 0 Å². The lowest BCUT2D eigenvalue weighted by Gasteiger charge is -2.45. The van der Waals surface area contributed by atoms with Crippen LogP contribution in [-0.4, -0.2) is 46.7 Å². The van der Waals surface area contributed by atoms with E-state index in [4.69, 9.17) is 4.74 Å². The molecule has 1 unspecified atom stereocenters. The molecule has 4 heteroatoms. The fourth-order valence-corrected chi connectivity index (χ4v) is 3.03. The largest absolute Gasteiger partial charge is 0.444 e. The third kappa shape index (κ3) is 4.96. The lowest BCUT2D eigenvalue weighted by molar-refractivity contribution is -0.0158. The van der Waals surface area contributed by atoms with E-state index in [0.29, 0.717) is 6.04 Å². The maximum Gasteiger partial charge on any atom is 0.410 e. The van der Waals surface area contributed by atoms with E-state index in [1.807, 2.05) is 31.7 Å². The highest BCUT2D eigenvalue weighted by atomic mass is 16.6. The number of amides is 1. The maximum absolute atomic E-state index is 12.5. The number of hydrogen-bond donors (Lipinski definition) is 0. The summed E-state index contributed by atoms with van der Waals surface area (Å²) in [6.45, 7) is 12.6. The van der Waals surface area contributed by atoms with Gasteiger partial charge >= 0.3 is 6.09 Å². The van der Waals surface area contributed by atoms with Crippen LogP contribution in [0.3, 0.4) is 0 Å². The number of rotatable bonds is 3. The Balaban J connectivity index is 2.04. The van der Waals surface area contributed by atoms with Crippen molar-refractivity contribution in [1.82, 2.24) is 9.80 Å². The zero-order valence-corrected chi connectivity index (χ0v) is 15.1. The Kier molecular flexibility index (Phi) is 5.69. The first-order chi connectivity index (χ1) is 10.8. The van der Waals surface area contributed by atoms with Crippen LogP contribution in [0.1, 0.15) is 46.6 Å². The molecule has 23 heavy (non-hydrogen) atoms. The standard InChI is InChI=1S/C19H30N2O2/c1-6-17-14-20(13-16-10-8-7-9-11-16)15(2)12-21(17)18(22)23-19(3,4)5/h7-11,15,17H,6,12-14H2,1-5H3/t15-,17?/m1/s1. The van der Waals surface area contributed by atoms with E-state index in [1.165, 1.54) is 5.56 Å². The van der Waals surface area contributed by atoms with E-state index in [1.54, 1.807) is 0 Å². The highest BCUT2D eigenvalue weighted by Crippen LogP contribution is 2.22. The molecule has 2 rings (SSSR count). The summed E-state index contributed by atoms with van der Waals surface area (Å²) in [5.74, 6) is 0. The Morgan fingerprint density at radius 3 is 2.43 bits per heavy atom. The van der Waals surface area contributed by atoms with Gasteiger partial charge in [-0.2, -0.15) is 0 Å². The number of ether oxygens (including phenoxy) is 1. The van der Waals surface area contributed by atoms with Crippen LogP contribution in [0.2, 0.25) is 0 Å². The number of benzene rings is 1. The van der Waals surface area contributed by atoms with E-state index < -0.39 is 5.60 Å². The number of hydrogen-bond acceptors (Lipinski definition) is 3. The van der Waals surface area contributed by atoms with Gasteiger partial charge in [0.1, 0.15) is 5.60 Å². The number of carbonyl (C=O) groups is 1. The first kappa shape index (κ1) is 17.8. The van der Waals surface area contributed by atoms with Gasteiger partial charge in [-0.1, -0.05) is 37.3 Å². The lowest BCUT2D eigenvalue weighted by Crippen LogP contribution is -2.59. The molecule has 0 spiro atoms. The van der Waals surface area contributed by atoms with E-state index in [-0.39, 0.29) is 12.1 Å². The Labute approximate surface area is 140 Å². The fourth-order valence-electron chi connectivity index (χ4n) is 3.03. The average Bonchev–Trinajstić information content (AvgIpc) is 2.48. The molecule has 2 atom stereocenters. The van der Waals surface area contributed by atoms with E-state index in [0.717, 1.165) is 26.1 Å². The number of piperazine rings is 1. The van der Waals surface area contributed by atoms with E-state index in [9.17, 15) is 4.79 Å². The van der Waals surface area contributed by atoms with Gasteiger partial charge in [0, 0.05) is 31.7 Å². The summed E-state index contributed by atoms with van der Waals surface area (Å²) in [6, 6.07) is 11.1. The van der Waals surface area contributed by atoms with Crippen molar-refractivity contribution in [2.45, 2.75) is 65.3 Å². The van der Waals surface area contributed by atoms with Gasteiger partial charge in [0.2, 0.25) is 0 Å². The van der Waals surface area contributed by atoms with Crippen molar-refractivity contribution in [3.63, 3.8) is 0 Å². The number of carbonyl (C=O) groups excluding carboxylic acids is 1. The molecule has 1 aromatic carbocycles. The summed E-state index contributed by atoms with van der Waals surface area (Å²) in [5.41, 5.74) is 0.875. The van der Waals surface area contributed by atoms with Gasteiger partial charge in [0.05, 0.1) is 0 Å². The van der Waals surface area contributed by atoms with Gasteiger partial charge in [-0.3, -0.25) is 4.90 Å². The smallest absolute Gasteiger partial charge is 0.410 e. The van der Waals surface area contributed by atoms with Crippen LogP contribution in [0.25, 0.3) is 0 Å². The Bertz CT molecular complexity index is 510. The lowest BCUT2D eigenvalue weighted by atomic mass is 10.0. The minimum Gasteiger partial charge on any atom is -0.444 e. The molecular weight excluding hydrogens is 288 g/mol. The summed E-state index contributed by atoms with van der Waals surface area (Å²) in [4.78, 5) is 16.9. The van der Waals surface area contributed by atoms with Gasteiger partial charge < -0.3 is 9.64 Å². The van der Waals surface area contributed by atoms with Crippen LogP contribution in [0.5, 0.6) is 0 Å². The van der Waals surface area contributed by atoms with Crippen molar-refractivity contribution in [3.05, 3.63) is 35.9 Å². The zero-order valence-electron chi connectivity index (χ0n) is 15.1. The van der Waals surface area contributed by atoms with Crippen molar-refractivity contribution < 1.29 is 9.53 Å². The summed E-state index contributed by atoms with van der Waals surface area (Å²) in [7, 11) is 0. The quantitative estimate of drug-likeness (QED) is 0.847. The molecule has 1 saturated heterocycles. The van der Waals surface area contributed by atoms with Crippen molar-refractivity contribution in [2.75, 3.05) is 13.1 Å². The molecule has 0 bridgehead atoms. The Morgan fingerprint density at radius 1 is 1.22 bits per heavy atom. The molecule has 1 fully saturated rings. The minimum absolute atomic E-state index is 0.185. The number of nitrogens with zero attached hydrogens (tertiary/aromatic N) is 2. The van der Waals surface area contributed by atoms with Crippen molar-refractivity contribution in [3.8, 4) is 0 Å². The average molecular weight is 318 g/mol. The van der Waals surface area contributed by atoms with Crippen molar-refractivity contribution >= 4 is 6.09 Å². The SMILES string of the molecule is CCC1CN(Cc2ccccc2)[C@H](C)CN1C(=O)OC(C)(C)C. The fraction of sp³-hybridized carbons (Fsp3) is 0.632. The second kappa shape index (κ2) is 7.35. The van der Waals surface area contributed by atoms with Crippen LogP contribution in [-0.2, 0) is 11.3 Å². The predicted molar refractivity (Wildman–Crippen MR) is 93.3 cm³/mol. The molecule has 1 aromatic rings. The third-order valence-corrected chi connectivity index (χ3v) is 4.30. The predicted octanol–water partition coefficient (Wildman–Crippen LogP) is 3.91. The molecule has 1 aliphatic heterocycles. The first-order valence-corrected chi connectivity index (χ1v) is 8.57. The molecule has 0 aliphatic carbocycles. The van der Waals surface area contributed by atoms with Crippen LogP contribution < -0.4 is 0 Å². The van der Waals surface area contributed by atoms with Crippen LogP contribution in [0, 0.1) is 0 Å². The zero-order chi connectivity index (χ0) is 17.0. The molecule has 1 amide bonds. The highest BCUT2D eigenvalue weighted by Gasteiger charge is 2.35. The maximum atomic E-state index is 12.5. The second-order valence-electron chi connectivity index (χ2n) is 7.46. The topological polar surface area (TPSA) is 32.8 Å². The van der Waals surface area contributed by atoms with E-state index in [2.05, 4.69) is 43.0 Å². The Hall–Kier alpha value is -1.55. The van der Waals surface area contributed by atoms with Gasteiger partial charge in [0.25, 0.3) is 0 Å². The molecule has 0 N–H and O–H groups in total. The Morgan fingerprint density at radius 2 is 1.87 bits per heavy atom. The highest BCUT2D eigenvalue weighted by molar-refractivity contribution is 5.68. The molecular formula is C19H30N2O2. The first-order valence-electron chi connectivity index (χ1n) is 8.57. The van der Waals surface area contributed by atoms with E-state index >= 15 is 0 Å². The second-order valence-corrected chi connectivity index (χ2v) is 7.46. The normalized spacial score (nSPS) is 22.9.